The van der Waals surface area contributed by atoms with E-state index in [0.717, 1.165) is 83.8 Å². The molecule has 10 aromatic rings. The highest BCUT2D eigenvalue weighted by Gasteiger charge is 2.49. The van der Waals surface area contributed by atoms with Crippen molar-refractivity contribution in [2.75, 3.05) is 0 Å². The van der Waals surface area contributed by atoms with Gasteiger partial charge in [-0.2, -0.15) is 0 Å². The Balaban J connectivity index is 1.15. The molecule has 10 rings (SSSR count). The quantitative estimate of drug-likeness (QED) is 0.0675. The molecule has 0 spiro atoms. The highest BCUT2D eigenvalue weighted by molar-refractivity contribution is 6.41. The Kier molecular flexibility index (Phi) is 13.3. The van der Waals surface area contributed by atoms with Crippen molar-refractivity contribution < 1.29 is 20.4 Å². The normalized spacial score (nSPS) is 13.4. The molecule has 0 fully saturated rings. The minimum atomic E-state index is -2.56. The van der Waals surface area contributed by atoms with Gasteiger partial charge in [0.15, 0.2) is 21.5 Å². The Morgan fingerprint density at radius 3 is 1.24 bits per heavy atom. The van der Waals surface area contributed by atoms with Gasteiger partial charge in [-0.15, -0.1) is 0 Å². The van der Waals surface area contributed by atoms with Crippen molar-refractivity contribution >= 4 is 31.4 Å². The van der Waals surface area contributed by atoms with E-state index in [9.17, 15) is 20.4 Å². The molecule has 2 atom stereocenters. The molecular formula is C63H55B4N3O4. The van der Waals surface area contributed by atoms with Crippen LogP contribution in [-0.2, 0) is 22.0 Å². The second-order valence-corrected chi connectivity index (χ2v) is 20.2. The van der Waals surface area contributed by atoms with E-state index in [0.29, 0.717) is 16.7 Å². The summed E-state index contributed by atoms with van der Waals surface area (Å²) in [7, 11) is 6.71. The number of nitrogens with zero attached hydrogens (tertiary/aromatic N) is 3. The van der Waals surface area contributed by atoms with Crippen molar-refractivity contribution in [2.45, 2.75) is 35.8 Å². The highest BCUT2D eigenvalue weighted by atomic mass is 16.5. The van der Waals surface area contributed by atoms with Gasteiger partial charge in [-0.05, 0) is 122 Å². The van der Waals surface area contributed by atoms with E-state index in [2.05, 4.69) is 42.5 Å². The summed E-state index contributed by atoms with van der Waals surface area (Å²) in [5, 5.41) is 50.4. The van der Waals surface area contributed by atoms with E-state index in [1.807, 2.05) is 172 Å². The van der Waals surface area contributed by atoms with Crippen LogP contribution in [0.4, 0.5) is 0 Å². The van der Waals surface area contributed by atoms with Gasteiger partial charge in [0.05, 0.1) is 28.1 Å². The third-order valence-corrected chi connectivity index (χ3v) is 15.1. The lowest BCUT2D eigenvalue weighted by Crippen LogP contribution is -2.52. The van der Waals surface area contributed by atoms with Crippen molar-refractivity contribution in [1.82, 2.24) is 15.0 Å². The first-order chi connectivity index (χ1) is 35.5. The molecule has 0 aliphatic rings. The van der Waals surface area contributed by atoms with Crippen LogP contribution in [0.5, 0.6) is 0 Å². The molecule has 74 heavy (non-hydrogen) atoms. The van der Waals surface area contributed by atoms with Crippen LogP contribution in [0.3, 0.4) is 0 Å². The van der Waals surface area contributed by atoms with Gasteiger partial charge in [0.1, 0.15) is 15.7 Å². The summed E-state index contributed by atoms with van der Waals surface area (Å²) in [4.78, 5) is 14.6. The summed E-state index contributed by atoms with van der Waals surface area (Å²) in [5.74, 6) is -2.56. The number of aliphatic hydroxyl groups is 4. The molecule has 0 amide bonds. The minimum absolute atomic E-state index is 0.107. The summed E-state index contributed by atoms with van der Waals surface area (Å²) < 4.78 is 0. The molecule has 7 aromatic carbocycles. The molecule has 11 heteroatoms. The van der Waals surface area contributed by atoms with Crippen LogP contribution < -0.4 is 0 Å². The third-order valence-electron chi connectivity index (χ3n) is 15.1. The average Bonchev–Trinajstić information content (AvgIpc) is 3.44. The maximum Gasteiger partial charge on any atom is 0.185 e. The Hall–Kier alpha value is -7.91. The standard InChI is InChI=1S/C63H55B4N3O4/c1-40-31-57(45-19-9-4-10-20-45)69-38-55(40)60(64,65)63(73,74)50-34-48(33-49(35-50)61(66,71)62(67,72)56-39-70-58(32-41(56)2)46-21-11-5-12-22-46)51-25-15-16-26-52(51)54-37-68-59(47-23-13-6-14-24-47)36-53(54)44-29-27-43(28-30-44)42-17-7-3-8-18-42/h3-39,71-74H,64-67H2,1-2H3. The summed E-state index contributed by atoms with van der Waals surface area (Å²) >= 11 is 0. The van der Waals surface area contributed by atoms with Crippen molar-refractivity contribution in [1.29, 1.82) is 0 Å². The SMILES string of the molecule is BC(B)(c1cnc(-c2ccccc2)cc1C)C(O)(O)c1cc(-c2ccccc2-c2cnc(-c3ccccc3)cc2-c2ccc(-c3ccccc3)cc2)cc(C(B)(O)C(B)(O)c2cnc(-c3ccccc3)cc2C)c1. The summed E-state index contributed by atoms with van der Waals surface area (Å²) in [6, 6.07) is 67.8. The Bertz CT molecular complexity index is 3500. The van der Waals surface area contributed by atoms with Crippen LogP contribution in [-0.4, -0.2) is 66.8 Å². The van der Waals surface area contributed by atoms with Crippen LogP contribution in [0, 0.1) is 13.8 Å². The summed E-state index contributed by atoms with van der Waals surface area (Å²) in [5.41, 5.74) is 11.3. The first-order valence-corrected chi connectivity index (χ1v) is 25.0. The molecule has 3 aromatic heterocycles. The van der Waals surface area contributed by atoms with E-state index in [-0.39, 0.29) is 11.1 Å². The van der Waals surface area contributed by atoms with Crippen LogP contribution >= 0.6 is 0 Å². The molecule has 0 aliphatic carbocycles. The number of benzene rings is 7. The number of aromatic nitrogens is 3. The monoisotopic (exact) mass is 961 g/mol. The second kappa shape index (κ2) is 19.8. The van der Waals surface area contributed by atoms with E-state index in [1.54, 1.807) is 55.9 Å². The molecule has 0 saturated heterocycles. The lowest BCUT2D eigenvalue weighted by Gasteiger charge is -2.43. The van der Waals surface area contributed by atoms with Gasteiger partial charge in [0.2, 0.25) is 0 Å². The van der Waals surface area contributed by atoms with Gasteiger partial charge in [-0.1, -0.05) is 170 Å². The van der Waals surface area contributed by atoms with Gasteiger partial charge in [0, 0.05) is 46.4 Å². The topological polar surface area (TPSA) is 120 Å². The third kappa shape index (κ3) is 9.25. The lowest BCUT2D eigenvalue weighted by molar-refractivity contribution is -0.183. The molecule has 0 saturated carbocycles. The van der Waals surface area contributed by atoms with Crippen LogP contribution in [0.15, 0.2) is 225 Å². The molecule has 0 bridgehead atoms. The van der Waals surface area contributed by atoms with Crippen LogP contribution in [0.1, 0.15) is 33.4 Å². The average molecular weight is 961 g/mol. The zero-order valence-corrected chi connectivity index (χ0v) is 42.5. The summed E-state index contributed by atoms with van der Waals surface area (Å²) in [6.45, 7) is 3.84. The van der Waals surface area contributed by atoms with Gasteiger partial charge in [-0.3, -0.25) is 15.0 Å². The Labute approximate surface area is 437 Å². The number of hydrogen-bond acceptors (Lipinski definition) is 7. The molecular weight excluding hydrogens is 906 g/mol. The van der Waals surface area contributed by atoms with Gasteiger partial charge in [0.25, 0.3) is 0 Å². The fourth-order valence-corrected chi connectivity index (χ4v) is 10.3. The largest absolute Gasteiger partial charge is 0.392 e. The van der Waals surface area contributed by atoms with E-state index in [1.165, 1.54) is 0 Å². The first kappa shape index (κ1) is 49.7. The van der Waals surface area contributed by atoms with Crippen molar-refractivity contribution in [3.63, 3.8) is 0 Å². The number of aryl methyl sites for hydroxylation is 2. The predicted molar refractivity (Wildman–Crippen MR) is 310 cm³/mol. The maximum absolute atomic E-state index is 13.1. The number of rotatable bonds is 13. The van der Waals surface area contributed by atoms with Crippen molar-refractivity contribution in [3.8, 4) is 78.3 Å². The van der Waals surface area contributed by atoms with Gasteiger partial charge >= 0.3 is 0 Å². The van der Waals surface area contributed by atoms with Crippen LogP contribution in [0.25, 0.3) is 78.3 Å². The molecule has 7 nitrogen and oxygen atoms in total. The number of hydrogen-bond donors (Lipinski definition) is 4. The smallest absolute Gasteiger partial charge is 0.185 e. The zero-order chi connectivity index (χ0) is 51.8. The zero-order valence-electron chi connectivity index (χ0n) is 42.5. The fraction of sp³-hybridized carbons (Fsp3) is 0.0952. The predicted octanol–water partition coefficient (Wildman–Crippen LogP) is 8.67. The molecule has 0 aliphatic heterocycles. The van der Waals surface area contributed by atoms with Crippen molar-refractivity contribution in [2.24, 2.45) is 0 Å². The second-order valence-electron chi connectivity index (χ2n) is 20.2. The van der Waals surface area contributed by atoms with E-state index in [4.69, 9.17) is 15.0 Å². The highest BCUT2D eigenvalue weighted by Crippen LogP contribution is 2.46. The molecule has 358 valence electrons. The first-order valence-electron chi connectivity index (χ1n) is 25.0. The lowest BCUT2D eigenvalue weighted by atomic mass is 9.45. The Morgan fingerprint density at radius 1 is 0.324 bits per heavy atom. The number of pyridine rings is 3. The maximum atomic E-state index is 13.1. The minimum Gasteiger partial charge on any atom is -0.392 e. The molecule has 2 unspecified atom stereocenters. The van der Waals surface area contributed by atoms with E-state index < -0.39 is 22.0 Å². The van der Waals surface area contributed by atoms with Gasteiger partial charge < -0.3 is 20.4 Å². The van der Waals surface area contributed by atoms with Crippen LogP contribution in [0.2, 0.25) is 0 Å². The summed E-state index contributed by atoms with van der Waals surface area (Å²) in [6.07, 6.45) is 5.24. The molecule has 3 heterocycles. The van der Waals surface area contributed by atoms with E-state index >= 15 is 0 Å². The fourth-order valence-electron chi connectivity index (χ4n) is 10.3. The van der Waals surface area contributed by atoms with Gasteiger partial charge in [-0.25, -0.2) is 0 Å². The van der Waals surface area contributed by atoms with Crippen molar-refractivity contribution in [3.05, 3.63) is 258 Å². The Morgan fingerprint density at radius 2 is 0.730 bits per heavy atom. The molecule has 0 radical (unpaired) electrons. The molecule has 4 N–H and O–H groups in total.